The first-order valence-electron chi connectivity index (χ1n) is 9.51. The summed E-state index contributed by atoms with van der Waals surface area (Å²) in [6.45, 7) is 10.2. The van der Waals surface area contributed by atoms with Crippen LogP contribution in [-0.2, 0) is 9.59 Å². The van der Waals surface area contributed by atoms with Crippen molar-refractivity contribution in [3.05, 3.63) is 96.9 Å². The minimum Gasteiger partial charge on any atom is -0.423 e. The van der Waals surface area contributed by atoms with Gasteiger partial charge in [-0.3, -0.25) is 0 Å². The van der Waals surface area contributed by atoms with Crippen molar-refractivity contribution in [1.82, 2.24) is 0 Å². The summed E-state index contributed by atoms with van der Waals surface area (Å²) >= 11 is 0. The highest BCUT2D eigenvalue weighted by atomic mass is 19.1. The van der Waals surface area contributed by atoms with Gasteiger partial charge in [-0.25, -0.2) is 14.0 Å². The third kappa shape index (κ3) is 5.14. The fourth-order valence-electron chi connectivity index (χ4n) is 2.80. The standard InChI is InChI=1S/C26H21FO4/c1-16(2)25(28)30-20-11-12-21(23(27)15-20)19-10-13-24(31-26(29)17(3)4)22(14-19)18-8-6-5-7-9-18/h5-15H,1,3H2,2,4H3. The smallest absolute Gasteiger partial charge is 0.338 e. The Morgan fingerprint density at radius 1 is 0.742 bits per heavy atom. The Labute approximate surface area is 180 Å². The van der Waals surface area contributed by atoms with Gasteiger partial charge in [-0.1, -0.05) is 49.6 Å². The van der Waals surface area contributed by atoms with E-state index in [4.69, 9.17) is 9.47 Å². The fourth-order valence-corrected chi connectivity index (χ4v) is 2.80. The molecule has 5 heteroatoms. The Bertz CT molecular complexity index is 1180. The molecule has 0 atom stereocenters. The van der Waals surface area contributed by atoms with Crippen LogP contribution < -0.4 is 9.47 Å². The lowest BCUT2D eigenvalue weighted by Crippen LogP contribution is -2.09. The topological polar surface area (TPSA) is 52.6 Å². The van der Waals surface area contributed by atoms with Crippen LogP contribution in [0.2, 0.25) is 0 Å². The first-order chi connectivity index (χ1) is 14.8. The number of benzene rings is 3. The molecule has 0 unspecified atom stereocenters. The van der Waals surface area contributed by atoms with Crippen LogP contribution in [0.5, 0.6) is 11.5 Å². The molecule has 0 amide bonds. The first kappa shape index (κ1) is 21.7. The molecule has 0 bridgehead atoms. The van der Waals surface area contributed by atoms with Crippen molar-refractivity contribution < 1.29 is 23.5 Å². The molecule has 0 aliphatic rings. The fraction of sp³-hybridized carbons (Fsp3) is 0.0769. The maximum atomic E-state index is 14.8. The number of hydrogen-bond donors (Lipinski definition) is 0. The summed E-state index contributed by atoms with van der Waals surface area (Å²) in [5, 5.41) is 0. The molecule has 0 spiro atoms. The second-order valence-corrected chi connectivity index (χ2v) is 7.06. The van der Waals surface area contributed by atoms with E-state index in [1.165, 1.54) is 19.1 Å². The van der Waals surface area contributed by atoms with Crippen LogP contribution in [0.1, 0.15) is 13.8 Å². The van der Waals surface area contributed by atoms with Crippen molar-refractivity contribution in [2.45, 2.75) is 13.8 Å². The lowest BCUT2D eigenvalue weighted by molar-refractivity contribution is -0.130. The molecule has 0 aromatic heterocycles. The predicted octanol–water partition coefficient (Wildman–Crippen LogP) is 6.12. The average Bonchev–Trinajstić information content (AvgIpc) is 2.74. The van der Waals surface area contributed by atoms with E-state index < -0.39 is 17.8 Å². The molecule has 0 heterocycles. The van der Waals surface area contributed by atoms with Gasteiger partial charge in [-0.2, -0.15) is 0 Å². The summed E-state index contributed by atoms with van der Waals surface area (Å²) < 4.78 is 25.4. The second kappa shape index (κ2) is 9.22. The van der Waals surface area contributed by atoms with Gasteiger partial charge in [0.25, 0.3) is 0 Å². The minimum absolute atomic E-state index is 0.0875. The van der Waals surface area contributed by atoms with Gasteiger partial charge in [-0.15, -0.1) is 0 Å². The average molecular weight is 416 g/mol. The highest BCUT2D eigenvalue weighted by Crippen LogP contribution is 2.36. The third-order valence-corrected chi connectivity index (χ3v) is 4.43. The number of carbonyl (C=O) groups excluding carboxylic acids is 2. The van der Waals surface area contributed by atoms with Crippen LogP contribution >= 0.6 is 0 Å². The molecule has 0 saturated heterocycles. The van der Waals surface area contributed by atoms with Gasteiger partial charge in [-0.05, 0) is 49.2 Å². The normalized spacial score (nSPS) is 10.3. The maximum absolute atomic E-state index is 14.8. The van der Waals surface area contributed by atoms with E-state index in [9.17, 15) is 14.0 Å². The molecular formula is C26H21FO4. The first-order valence-corrected chi connectivity index (χ1v) is 9.51. The summed E-state index contributed by atoms with van der Waals surface area (Å²) in [5.41, 5.74) is 2.81. The molecule has 3 aromatic rings. The van der Waals surface area contributed by atoms with Crippen LogP contribution in [0.3, 0.4) is 0 Å². The van der Waals surface area contributed by atoms with E-state index in [1.54, 1.807) is 25.1 Å². The zero-order chi connectivity index (χ0) is 22.5. The molecule has 3 aromatic carbocycles. The zero-order valence-electron chi connectivity index (χ0n) is 17.3. The molecule has 3 rings (SSSR count). The van der Waals surface area contributed by atoms with Crippen LogP contribution in [0.15, 0.2) is 91.0 Å². The zero-order valence-corrected chi connectivity index (χ0v) is 17.3. The number of hydrogen-bond acceptors (Lipinski definition) is 4. The molecule has 156 valence electrons. The molecule has 0 saturated carbocycles. The highest BCUT2D eigenvalue weighted by molar-refractivity contribution is 5.91. The maximum Gasteiger partial charge on any atom is 0.338 e. The lowest BCUT2D eigenvalue weighted by atomic mass is 9.97. The van der Waals surface area contributed by atoms with E-state index in [2.05, 4.69) is 13.2 Å². The number of rotatable bonds is 6. The molecule has 0 radical (unpaired) electrons. The largest absolute Gasteiger partial charge is 0.423 e. The van der Waals surface area contributed by atoms with Gasteiger partial charge in [0.05, 0.1) is 0 Å². The van der Waals surface area contributed by atoms with Gasteiger partial charge >= 0.3 is 11.9 Å². The Balaban J connectivity index is 2.02. The van der Waals surface area contributed by atoms with Crippen molar-refractivity contribution in [3.63, 3.8) is 0 Å². The van der Waals surface area contributed by atoms with Crippen LogP contribution in [-0.4, -0.2) is 11.9 Å². The Morgan fingerprint density at radius 3 is 2.00 bits per heavy atom. The van der Waals surface area contributed by atoms with E-state index >= 15 is 0 Å². The molecule has 0 fully saturated rings. The van der Waals surface area contributed by atoms with Gasteiger partial charge in [0.15, 0.2) is 0 Å². The number of halogens is 1. The van der Waals surface area contributed by atoms with E-state index in [-0.39, 0.29) is 16.9 Å². The summed E-state index contributed by atoms with van der Waals surface area (Å²) in [6, 6.07) is 18.5. The van der Waals surface area contributed by atoms with Gasteiger partial charge in [0.2, 0.25) is 0 Å². The summed E-state index contributed by atoms with van der Waals surface area (Å²) in [7, 11) is 0. The SMILES string of the molecule is C=C(C)C(=O)Oc1ccc(-c2ccc(OC(=O)C(=C)C)c(-c3ccccc3)c2)c(F)c1. The second-order valence-electron chi connectivity index (χ2n) is 7.06. The number of esters is 2. The molecular weight excluding hydrogens is 395 g/mol. The van der Waals surface area contributed by atoms with Gasteiger partial charge < -0.3 is 9.47 Å². The third-order valence-electron chi connectivity index (χ3n) is 4.43. The Hall–Kier alpha value is -3.99. The number of carbonyl (C=O) groups is 2. The minimum atomic E-state index is -0.623. The molecule has 0 N–H and O–H groups in total. The van der Waals surface area contributed by atoms with Crippen LogP contribution in [0, 0.1) is 5.82 Å². The molecule has 0 aliphatic carbocycles. The van der Waals surface area contributed by atoms with Crippen molar-refractivity contribution in [1.29, 1.82) is 0 Å². The van der Waals surface area contributed by atoms with Crippen LogP contribution in [0.4, 0.5) is 4.39 Å². The summed E-state index contributed by atoms with van der Waals surface area (Å²) in [6.07, 6.45) is 0. The summed E-state index contributed by atoms with van der Waals surface area (Å²) in [4.78, 5) is 23.7. The molecule has 31 heavy (non-hydrogen) atoms. The molecule has 4 nitrogen and oxygen atoms in total. The highest BCUT2D eigenvalue weighted by Gasteiger charge is 2.15. The van der Waals surface area contributed by atoms with Crippen molar-refractivity contribution in [2.24, 2.45) is 0 Å². The van der Waals surface area contributed by atoms with Crippen molar-refractivity contribution in [3.8, 4) is 33.8 Å². The van der Waals surface area contributed by atoms with Crippen molar-refractivity contribution in [2.75, 3.05) is 0 Å². The van der Waals surface area contributed by atoms with E-state index in [0.29, 0.717) is 22.4 Å². The van der Waals surface area contributed by atoms with E-state index in [0.717, 1.165) is 11.6 Å². The van der Waals surface area contributed by atoms with Gasteiger partial charge in [0, 0.05) is 28.3 Å². The van der Waals surface area contributed by atoms with Crippen molar-refractivity contribution >= 4 is 11.9 Å². The lowest BCUT2D eigenvalue weighted by Gasteiger charge is -2.13. The Morgan fingerprint density at radius 2 is 1.39 bits per heavy atom. The predicted molar refractivity (Wildman–Crippen MR) is 118 cm³/mol. The Kier molecular flexibility index (Phi) is 6.46. The van der Waals surface area contributed by atoms with E-state index in [1.807, 2.05) is 30.3 Å². The summed E-state index contributed by atoms with van der Waals surface area (Å²) in [5.74, 6) is -1.29. The monoisotopic (exact) mass is 416 g/mol. The molecule has 0 aliphatic heterocycles. The van der Waals surface area contributed by atoms with Crippen LogP contribution in [0.25, 0.3) is 22.3 Å². The quantitative estimate of drug-likeness (QED) is 0.276. The van der Waals surface area contributed by atoms with Gasteiger partial charge in [0.1, 0.15) is 17.3 Å². The number of ether oxygens (including phenoxy) is 2.